The summed E-state index contributed by atoms with van der Waals surface area (Å²) in [5.41, 5.74) is 1.74. The Morgan fingerprint density at radius 1 is 1.40 bits per heavy atom. The minimum atomic E-state index is -2.87. The predicted molar refractivity (Wildman–Crippen MR) is 75.1 cm³/mol. The van der Waals surface area contributed by atoms with Gasteiger partial charge >= 0.3 is 0 Å². The molecule has 0 aliphatic carbocycles. The number of nitrogens with one attached hydrogen (secondary N) is 1. The van der Waals surface area contributed by atoms with Crippen LogP contribution < -0.4 is 5.32 Å². The van der Waals surface area contributed by atoms with Crippen LogP contribution >= 0.6 is 0 Å². The third-order valence-electron chi connectivity index (χ3n) is 3.72. The van der Waals surface area contributed by atoms with Gasteiger partial charge < -0.3 is 15.5 Å². The van der Waals surface area contributed by atoms with Crippen LogP contribution in [0.4, 0.5) is 0 Å². The number of aliphatic hydroxyl groups excluding tert-OH is 1. The molecule has 7 heteroatoms. The van der Waals surface area contributed by atoms with Crippen molar-refractivity contribution in [1.29, 1.82) is 0 Å². The van der Waals surface area contributed by atoms with Crippen LogP contribution in [0.5, 0.6) is 5.75 Å². The standard InChI is InChI=1S/C13H20N2O4S/c1-9-13(17)12(10(8-16)6-14-9)7-15-11-2-4-20(18,19)5-3-11/h6,11,15-17H,2-5,7-8H2,1H3. The molecule has 1 aromatic heterocycles. The zero-order valence-corrected chi connectivity index (χ0v) is 12.3. The number of aryl methyl sites for hydroxylation is 1. The lowest BCUT2D eigenvalue weighted by atomic mass is 10.1. The second-order valence-corrected chi connectivity index (χ2v) is 7.46. The van der Waals surface area contributed by atoms with Gasteiger partial charge in [-0.05, 0) is 19.8 Å². The van der Waals surface area contributed by atoms with Crippen LogP contribution in [0.3, 0.4) is 0 Å². The summed E-state index contributed by atoms with van der Waals surface area (Å²) < 4.78 is 22.7. The lowest BCUT2D eigenvalue weighted by Gasteiger charge is -2.24. The maximum absolute atomic E-state index is 11.4. The number of aliphatic hydroxyl groups is 1. The second kappa shape index (κ2) is 6.07. The summed E-state index contributed by atoms with van der Waals surface area (Å²) in [6.07, 6.45) is 2.72. The van der Waals surface area contributed by atoms with E-state index in [1.807, 2.05) is 0 Å². The molecule has 0 aromatic carbocycles. The molecule has 1 aliphatic rings. The van der Waals surface area contributed by atoms with E-state index in [1.165, 1.54) is 0 Å². The first-order chi connectivity index (χ1) is 9.43. The van der Waals surface area contributed by atoms with E-state index in [2.05, 4.69) is 10.3 Å². The van der Waals surface area contributed by atoms with E-state index in [9.17, 15) is 18.6 Å². The summed E-state index contributed by atoms with van der Waals surface area (Å²) in [5, 5.41) is 22.5. The lowest BCUT2D eigenvalue weighted by Crippen LogP contribution is -2.37. The molecule has 2 heterocycles. The molecule has 0 spiro atoms. The van der Waals surface area contributed by atoms with Gasteiger partial charge in [-0.3, -0.25) is 4.98 Å². The Labute approximate surface area is 118 Å². The number of rotatable bonds is 4. The number of aromatic hydroxyl groups is 1. The van der Waals surface area contributed by atoms with Gasteiger partial charge in [-0.15, -0.1) is 0 Å². The summed E-state index contributed by atoms with van der Waals surface area (Å²) in [4.78, 5) is 4.01. The van der Waals surface area contributed by atoms with Crippen molar-refractivity contribution in [3.8, 4) is 5.75 Å². The molecular formula is C13H20N2O4S. The number of nitrogens with zero attached hydrogens (tertiary/aromatic N) is 1. The Hall–Kier alpha value is -1.18. The number of aromatic nitrogens is 1. The Kier molecular flexibility index (Phi) is 4.62. The number of sulfone groups is 1. The zero-order chi connectivity index (χ0) is 14.8. The van der Waals surface area contributed by atoms with Crippen molar-refractivity contribution in [3.63, 3.8) is 0 Å². The molecular weight excluding hydrogens is 280 g/mol. The highest BCUT2D eigenvalue weighted by Gasteiger charge is 2.23. The smallest absolute Gasteiger partial charge is 0.150 e. The summed E-state index contributed by atoms with van der Waals surface area (Å²) >= 11 is 0. The van der Waals surface area contributed by atoms with E-state index in [-0.39, 0.29) is 29.9 Å². The van der Waals surface area contributed by atoms with Crippen molar-refractivity contribution >= 4 is 9.84 Å². The molecule has 0 radical (unpaired) electrons. The fourth-order valence-electron chi connectivity index (χ4n) is 2.36. The highest BCUT2D eigenvalue weighted by Crippen LogP contribution is 2.24. The Balaban J connectivity index is 2.03. The molecule has 1 aromatic rings. The van der Waals surface area contributed by atoms with Crippen LogP contribution in [0.15, 0.2) is 6.20 Å². The maximum Gasteiger partial charge on any atom is 0.150 e. The van der Waals surface area contributed by atoms with Crippen LogP contribution in [-0.2, 0) is 23.0 Å². The SMILES string of the molecule is Cc1ncc(CO)c(CNC2CCS(=O)(=O)CC2)c1O. The fraction of sp³-hybridized carbons (Fsp3) is 0.615. The van der Waals surface area contributed by atoms with Crippen molar-refractivity contribution in [3.05, 3.63) is 23.0 Å². The molecule has 1 aliphatic heterocycles. The lowest BCUT2D eigenvalue weighted by molar-refractivity contribution is 0.278. The van der Waals surface area contributed by atoms with Crippen molar-refractivity contribution < 1.29 is 18.6 Å². The normalized spacial score (nSPS) is 19.1. The monoisotopic (exact) mass is 300 g/mol. The average molecular weight is 300 g/mol. The van der Waals surface area contributed by atoms with E-state index in [1.54, 1.807) is 13.1 Å². The summed E-state index contributed by atoms with van der Waals surface area (Å²) in [5.74, 6) is 0.505. The third-order valence-corrected chi connectivity index (χ3v) is 5.44. The Bertz CT molecular complexity index is 572. The topological polar surface area (TPSA) is 99.5 Å². The number of pyridine rings is 1. The average Bonchev–Trinajstić information content (AvgIpc) is 2.42. The van der Waals surface area contributed by atoms with E-state index < -0.39 is 9.84 Å². The van der Waals surface area contributed by atoms with Crippen LogP contribution in [0.1, 0.15) is 29.7 Å². The van der Waals surface area contributed by atoms with Crippen molar-refractivity contribution in [2.24, 2.45) is 0 Å². The van der Waals surface area contributed by atoms with Crippen LogP contribution in [0, 0.1) is 6.92 Å². The van der Waals surface area contributed by atoms with Gasteiger partial charge in [0.2, 0.25) is 0 Å². The van der Waals surface area contributed by atoms with E-state index in [0.29, 0.717) is 36.2 Å². The van der Waals surface area contributed by atoms with Crippen molar-refractivity contribution in [1.82, 2.24) is 10.3 Å². The minimum Gasteiger partial charge on any atom is -0.506 e. The molecule has 0 atom stereocenters. The van der Waals surface area contributed by atoms with Gasteiger partial charge in [0.25, 0.3) is 0 Å². The molecule has 0 bridgehead atoms. The maximum atomic E-state index is 11.4. The first-order valence-electron chi connectivity index (χ1n) is 6.64. The fourth-order valence-corrected chi connectivity index (χ4v) is 3.85. The van der Waals surface area contributed by atoms with Gasteiger partial charge in [-0.1, -0.05) is 0 Å². The summed E-state index contributed by atoms with van der Waals surface area (Å²) in [6.45, 7) is 1.92. The molecule has 6 nitrogen and oxygen atoms in total. The molecule has 0 amide bonds. The Morgan fingerprint density at radius 3 is 2.65 bits per heavy atom. The molecule has 0 unspecified atom stereocenters. The third kappa shape index (κ3) is 3.47. The molecule has 1 saturated heterocycles. The van der Waals surface area contributed by atoms with Crippen LogP contribution in [0.25, 0.3) is 0 Å². The molecule has 2 rings (SSSR count). The molecule has 20 heavy (non-hydrogen) atoms. The summed E-state index contributed by atoms with van der Waals surface area (Å²) in [6, 6.07) is 0.123. The highest BCUT2D eigenvalue weighted by atomic mass is 32.2. The van der Waals surface area contributed by atoms with Gasteiger partial charge in [0.15, 0.2) is 0 Å². The van der Waals surface area contributed by atoms with Crippen LogP contribution in [-0.4, -0.2) is 41.2 Å². The molecule has 3 N–H and O–H groups in total. The van der Waals surface area contributed by atoms with Crippen molar-refractivity contribution in [2.75, 3.05) is 11.5 Å². The first kappa shape index (κ1) is 15.2. The number of hydrogen-bond acceptors (Lipinski definition) is 6. The highest BCUT2D eigenvalue weighted by molar-refractivity contribution is 7.91. The van der Waals surface area contributed by atoms with E-state index >= 15 is 0 Å². The van der Waals surface area contributed by atoms with E-state index in [0.717, 1.165) is 0 Å². The second-order valence-electron chi connectivity index (χ2n) is 5.16. The molecule has 1 fully saturated rings. The molecule has 0 saturated carbocycles. The van der Waals surface area contributed by atoms with Gasteiger partial charge in [0.05, 0.1) is 23.8 Å². The molecule has 112 valence electrons. The van der Waals surface area contributed by atoms with Gasteiger partial charge in [0.1, 0.15) is 15.6 Å². The van der Waals surface area contributed by atoms with E-state index in [4.69, 9.17) is 0 Å². The summed E-state index contributed by atoms with van der Waals surface area (Å²) in [7, 11) is -2.87. The van der Waals surface area contributed by atoms with Gasteiger partial charge in [-0.25, -0.2) is 8.42 Å². The Morgan fingerprint density at radius 2 is 2.05 bits per heavy atom. The quantitative estimate of drug-likeness (QED) is 0.737. The van der Waals surface area contributed by atoms with Gasteiger partial charge in [-0.2, -0.15) is 0 Å². The van der Waals surface area contributed by atoms with Crippen molar-refractivity contribution in [2.45, 2.75) is 39.0 Å². The minimum absolute atomic E-state index is 0.0903. The van der Waals surface area contributed by atoms with Crippen LogP contribution in [0.2, 0.25) is 0 Å². The zero-order valence-electron chi connectivity index (χ0n) is 11.5. The first-order valence-corrected chi connectivity index (χ1v) is 8.46. The largest absolute Gasteiger partial charge is 0.506 e. The predicted octanol–water partition coefficient (Wildman–Crippen LogP) is 0.255. The van der Waals surface area contributed by atoms with Gasteiger partial charge in [0, 0.05) is 29.9 Å². The number of hydrogen-bond donors (Lipinski definition) is 3.